The van der Waals surface area contributed by atoms with Crippen molar-refractivity contribution in [2.75, 3.05) is 0 Å². The van der Waals surface area contributed by atoms with Crippen molar-refractivity contribution < 1.29 is 51.0 Å². The van der Waals surface area contributed by atoms with Gasteiger partial charge in [-0.15, -0.1) is 0 Å². The number of fused-ring (bicyclic) bond motifs is 3. The third-order valence-electron chi connectivity index (χ3n) is 7.90. The summed E-state index contributed by atoms with van der Waals surface area (Å²) in [6.45, 7) is 0. The summed E-state index contributed by atoms with van der Waals surface area (Å²) in [5.74, 6) is 0.226. The van der Waals surface area contributed by atoms with Crippen molar-refractivity contribution in [2.24, 2.45) is 0 Å². The Kier molecular flexibility index (Phi) is 9.86. The molecule has 0 aromatic heterocycles. The van der Waals surface area contributed by atoms with Crippen LogP contribution in [0.4, 0.5) is 0 Å². The van der Waals surface area contributed by atoms with Gasteiger partial charge in [-0.05, 0) is 68.5 Å². The van der Waals surface area contributed by atoms with Crippen molar-refractivity contribution in [2.45, 2.75) is 18.8 Å². The van der Waals surface area contributed by atoms with E-state index in [4.69, 9.17) is 0 Å². The Morgan fingerprint density at radius 1 is 0.550 bits per heavy atom. The Morgan fingerprint density at radius 3 is 1.80 bits per heavy atom. The van der Waals surface area contributed by atoms with Crippen LogP contribution in [0.1, 0.15) is 34.6 Å². The third-order valence-corrected chi connectivity index (χ3v) is 7.90. The van der Waals surface area contributed by atoms with Crippen LogP contribution in [0, 0.1) is 0 Å². The van der Waals surface area contributed by atoms with Crippen molar-refractivity contribution in [3.8, 4) is 33.4 Å². The molecule has 0 aliphatic heterocycles. The van der Waals surface area contributed by atoms with Crippen LogP contribution in [0.5, 0.6) is 0 Å². The number of hydrogen-bond donors (Lipinski definition) is 0. The number of rotatable bonds is 5. The Morgan fingerprint density at radius 2 is 1.15 bits per heavy atom. The van der Waals surface area contributed by atoms with Crippen LogP contribution in [0.15, 0.2) is 145 Å². The molecule has 5 aromatic rings. The van der Waals surface area contributed by atoms with E-state index in [-0.39, 0.29) is 56.9 Å². The summed E-state index contributed by atoms with van der Waals surface area (Å²) in [4.78, 5) is 0. The molecule has 194 valence electrons. The fraction of sp³-hybridized carbons (Fsp3) is 0.0811. The van der Waals surface area contributed by atoms with E-state index in [9.17, 15) is 0 Å². The van der Waals surface area contributed by atoms with E-state index < -0.39 is 0 Å². The number of benzene rings is 5. The summed E-state index contributed by atoms with van der Waals surface area (Å²) in [6.07, 6.45) is 8.81. The first-order valence-corrected chi connectivity index (χ1v) is 13.2. The van der Waals surface area contributed by atoms with Crippen molar-refractivity contribution in [1.82, 2.24) is 0 Å². The maximum atomic E-state index is 2.41. The molecule has 1 atom stereocenters. The summed E-state index contributed by atoms with van der Waals surface area (Å²) in [6, 6.07) is 44.5. The first-order chi connectivity index (χ1) is 18.4. The van der Waals surface area contributed by atoms with E-state index in [0.717, 1.165) is 12.8 Å². The van der Waals surface area contributed by atoms with Gasteiger partial charge in [0.1, 0.15) is 0 Å². The molecule has 0 saturated heterocycles. The van der Waals surface area contributed by atoms with Crippen LogP contribution < -0.4 is 24.8 Å². The zero-order valence-corrected chi connectivity index (χ0v) is 26.0. The van der Waals surface area contributed by atoms with Gasteiger partial charge in [0.15, 0.2) is 0 Å². The molecule has 0 radical (unpaired) electrons. The largest absolute Gasteiger partial charge is 2.00 e. The average Bonchev–Trinajstić information content (AvgIpc) is 3.63. The van der Waals surface area contributed by atoms with Gasteiger partial charge in [-0.1, -0.05) is 145 Å². The van der Waals surface area contributed by atoms with Crippen molar-refractivity contribution in [1.29, 1.82) is 0 Å². The Labute approximate surface area is 268 Å². The molecule has 0 saturated carbocycles. The third kappa shape index (κ3) is 5.49. The van der Waals surface area contributed by atoms with E-state index in [1.165, 1.54) is 61.2 Å². The quantitative estimate of drug-likeness (QED) is 0.272. The van der Waals surface area contributed by atoms with Gasteiger partial charge in [0.2, 0.25) is 0 Å². The van der Waals surface area contributed by atoms with Crippen LogP contribution >= 0.6 is 0 Å². The van der Waals surface area contributed by atoms with E-state index in [1.54, 1.807) is 0 Å². The van der Waals surface area contributed by atoms with E-state index in [0.29, 0.717) is 0 Å². The monoisotopic (exact) mass is 632 g/mol. The Balaban J connectivity index is 0.00000123. The summed E-state index contributed by atoms with van der Waals surface area (Å²) >= 11 is 0. The molecule has 5 aromatic carbocycles. The Hall–Kier alpha value is -2.96. The molecule has 2 aliphatic carbocycles. The molecule has 0 spiro atoms. The van der Waals surface area contributed by atoms with Crippen molar-refractivity contribution >= 4 is 0 Å². The number of allylic oxidation sites excluding steroid dienone is 4. The van der Waals surface area contributed by atoms with Crippen LogP contribution in [-0.2, 0) is 32.6 Å². The maximum Gasteiger partial charge on any atom is 2.00 e. The normalized spacial score (nSPS) is 13.2. The summed E-state index contributed by atoms with van der Waals surface area (Å²) < 4.78 is 0. The van der Waals surface area contributed by atoms with Crippen LogP contribution in [0.25, 0.3) is 33.4 Å². The second kappa shape index (κ2) is 13.1. The molecule has 2 aliphatic rings. The topological polar surface area (TPSA) is 0 Å². The molecular weight excluding hydrogens is 607 g/mol. The minimum Gasteiger partial charge on any atom is -1.00 e. The number of hydrogen-bond acceptors (Lipinski definition) is 0. The minimum atomic E-state index is 0. The average molecular weight is 635 g/mol. The SMILES string of the molecule is C1=CCC(C(c2ccccc2)c2c(-c3ccccc3)ccc3c2Cc2cc(-c4ccccc4)ccc2-3)=C1.[Cl-].[Cl-].[Zr+2]. The smallest absolute Gasteiger partial charge is 1.00 e. The second-order valence-corrected chi connectivity index (χ2v) is 10.1. The van der Waals surface area contributed by atoms with Gasteiger partial charge >= 0.3 is 26.2 Å². The van der Waals surface area contributed by atoms with Crippen molar-refractivity contribution in [3.05, 3.63) is 167 Å². The zero-order chi connectivity index (χ0) is 24.6. The summed E-state index contributed by atoms with van der Waals surface area (Å²) in [7, 11) is 0. The van der Waals surface area contributed by atoms with Gasteiger partial charge in [0.05, 0.1) is 0 Å². The minimum absolute atomic E-state index is 0. The molecule has 0 amide bonds. The second-order valence-electron chi connectivity index (χ2n) is 10.1. The molecular formula is C37H28Cl2Zr. The first kappa shape index (κ1) is 30.0. The molecule has 7 rings (SSSR count). The molecule has 40 heavy (non-hydrogen) atoms. The van der Waals surface area contributed by atoms with Gasteiger partial charge in [-0.3, -0.25) is 0 Å². The maximum absolute atomic E-state index is 2.41. The summed E-state index contributed by atoms with van der Waals surface area (Å²) in [5.41, 5.74) is 15.2. The van der Waals surface area contributed by atoms with Crippen LogP contribution in [0.3, 0.4) is 0 Å². The molecule has 0 N–H and O–H groups in total. The molecule has 0 heterocycles. The van der Waals surface area contributed by atoms with Gasteiger partial charge in [0, 0.05) is 5.92 Å². The van der Waals surface area contributed by atoms with Crippen LogP contribution in [0.2, 0.25) is 0 Å². The first-order valence-electron chi connectivity index (χ1n) is 13.2. The molecule has 1 unspecified atom stereocenters. The van der Waals surface area contributed by atoms with E-state index in [1.807, 2.05) is 0 Å². The molecule has 0 fully saturated rings. The summed E-state index contributed by atoms with van der Waals surface area (Å²) in [5, 5.41) is 0. The molecule has 3 heteroatoms. The predicted molar refractivity (Wildman–Crippen MR) is 156 cm³/mol. The van der Waals surface area contributed by atoms with Crippen molar-refractivity contribution in [3.63, 3.8) is 0 Å². The predicted octanol–water partition coefficient (Wildman–Crippen LogP) is 3.62. The van der Waals surface area contributed by atoms with Gasteiger partial charge < -0.3 is 24.8 Å². The zero-order valence-electron chi connectivity index (χ0n) is 22.0. The standard InChI is InChI=1S/C37H28.2ClH.Zr/c1-4-12-26(13-5-1)30-20-21-32-31(24-30)25-35-34(32)23-22-33(27-14-6-2-7-15-27)37(35)36(29-18-10-11-19-29)28-16-8-3-9-17-28;;;/h1-18,20-24,36H,19,25H2;2*1H;/q;;;+2/p-2. The number of halogens is 2. The molecule has 0 nitrogen and oxygen atoms in total. The van der Waals surface area contributed by atoms with E-state index >= 15 is 0 Å². The fourth-order valence-corrected chi connectivity index (χ4v) is 6.20. The van der Waals surface area contributed by atoms with E-state index in [2.05, 4.69) is 140 Å². The van der Waals surface area contributed by atoms with Crippen LogP contribution in [-0.4, -0.2) is 0 Å². The van der Waals surface area contributed by atoms with Gasteiger partial charge in [-0.2, -0.15) is 0 Å². The van der Waals surface area contributed by atoms with Gasteiger partial charge in [0.25, 0.3) is 0 Å². The Bertz CT molecular complexity index is 1660. The molecule has 0 bridgehead atoms. The fourth-order valence-electron chi connectivity index (χ4n) is 6.20. The van der Waals surface area contributed by atoms with Gasteiger partial charge in [-0.25, -0.2) is 0 Å².